The number of hydrogen-bond acceptors (Lipinski definition) is 2. The largest absolute Gasteiger partial charge is 0.298 e. The second-order valence-corrected chi connectivity index (χ2v) is 4.45. The summed E-state index contributed by atoms with van der Waals surface area (Å²) in [4.78, 5) is 14.0. The summed E-state index contributed by atoms with van der Waals surface area (Å²) < 4.78 is 0. The van der Waals surface area contributed by atoms with Gasteiger partial charge in [-0.1, -0.05) is 37.3 Å². The van der Waals surface area contributed by atoms with Gasteiger partial charge in [0.25, 0.3) is 0 Å². The van der Waals surface area contributed by atoms with Crippen LogP contribution in [-0.4, -0.2) is 23.3 Å². The summed E-state index contributed by atoms with van der Waals surface area (Å²) >= 11 is 0. The van der Waals surface area contributed by atoms with Crippen molar-refractivity contribution >= 4 is 5.78 Å². The molecule has 2 nitrogen and oxygen atoms in total. The first-order chi connectivity index (χ1) is 7.74. The van der Waals surface area contributed by atoms with Crippen LogP contribution in [0.25, 0.3) is 0 Å². The molecule has 0 aliphatic carbocycles. The Morgan fingerprint density at radius 2 is 2.12 bits per heavy atom. The van der Waals surface area contributed by atoms with Crippen LogP contribution in [0.5, 0.6) is 0 Å². The van der Waals surface area contributed by atoms with Crippen LogP contribution >= 0.6 is 0 Å². The van der Waals surface area contributed by atoms with E-state index < -0.39 is 0 Å². The predicted octanol–water partition coefficient (Wildman–Crippen LogP) is 2.80. The average molecular weight is 217 g/mol. The van der Waals surface area contributed by atoms with Gasteiger partial charge in [0.1, 0.15) is 5.78 Å². The Balaban J connectivity index is 2.06. The number of ketones is 1. The molecule has 0 bridgehead atoms. The van der Waals surface area contributed by atoms with Gasteiger partial charge in [0.2, 0.25) is 0 Å². The van der Waals surface area contributed by atoms with Crippen molar-refractivity contribution in [2.45, 2.75) is 38.8 Å². The molecule has 2 heteroatoms. The van der Waals surface area contributed by atoms with E-state index in [-0.39, 0.29) is 6.04 Å². The van der Waals surface area contributed by atoms with E-state index in [9.17, 15) is 4.79 Å². The molecule has 0 saturated carbocycles. The summed E-state index contributed by atoms with van der Waals surface area (Å²) in [5.74, 6) is 0.383. The lowest BCUT2D eigenvalue weighted by Gasteiger charge is -2.44. The van der Waals surface area contributed by atoms with Gasteiger partial charge in [-0.05, 0) is 18.9 Å². The van der Waals surface area contributed by atoms with Crippen molar-refractivity contribution in [2.24, 2.45) is 0 Å². The summed E-state index contributed by atoms with van der Waals surface area (Å²) in [5, 5.41) is 0. The van der Waals surface area contributed by atoms with Gasteiger partial charge >= 0.3 is 0 Å². The normalized spacial score (nSPS) is 22.5. The lowest BCUT2D eigenvalue weighted by Crippen LogP contribution is -2.52. The van der Waals surface area contributed by atoms with Crippen LogP contribution in [-0.2, 0) is 4.79 Å². The van der Waals surface area contributed by atoms with E-state index in [1.807, 2.05) is 13.0 Å². The minimum atomic E-state index is 0.167. The Hall–Kier alpha value is -1.15. The highest BCUT2D eigenvalue weighted by molar-refractivity contribution is 5.84. The summed E-state index contributed by atoms with van der Waals surface area (Å²) in [5.41, 5.74) is 1.30. The van der Waals surface area contributed by atoms with Crippen molar-refractivity contribution in [3.05, 3.63) is 35.9 Å². The van der Waals surface area contributed by atoms with Crippen LogP contribution in [0.4, 0.5) is 0 Å². The highest BCUT2D eigenvalue weighted by atomic mass is 16.1. The monoisotopic (exact) mass is 217 g/mol. The number of benzene rings is 1. The Labute approximate surface area is 97.3 Å². The Morgan fingerprint density at radius 3 is 2.62 bits per heavy atom. The second-order valence-electron chi connectivity index (χ2n) is 4.45. The number of carbonyl (C=O) groups excluding carboxylic acids is 1. The zero-order valence-corrected chi connectivity index (χ0v) is 10.0. The van der Waals surface area contributed by atoms with Gasteiger partial charge in [0, 0.05) is 19.0 Å². The maximum absolute atomic E-state index is 11.7. The standard InChI is InChI=1S/C14H19NO/c1-3-14(16)13-9-10-15(13)11(2)12-7-5-4-6-8-12/h4-8,11,13H,3,9-10H2,1-2H3/t11-,13+/m1/s1. The third-order valence-electron chi connectivity index (χ3n) is 3.56. The first-order valence-electron chi connectivity index (χ1n) is 6.07. The SMILES string of the molecule is CCC(=O)[C@@H]1CCN1[C@H](C)c1ccccc1. The molecule has 1 aliphatic heterocycles. The third kappa shape index (κ3) is 2.03. The molecule has 86 valence electrons. The summed E-state index contributed by atoms with van der Waals surface area (Å²) in [6.07, 6.45) is 1.69. The minimum Gasteiger partial charge on any atom is -0.298 e. The van der Waals surface area contributed by atoms with Crippen molar-refractivity contribution in [1.82, 2.24) is 4.90 Å². The molecule has 0 radical (unpaired) electrons. The van der Waals surface area contributed by atoms with Crippen molar-refractivity contribution in [2.75, 3.05) is 6.54 Å². The number of carbonyl (C=O) groups is 1. The van der Waals surface area contributed by atoms with Gasteiger partial charge < -0.3 is 0 Å². The van der Waals surface area contributed by atoms with E-state index in [0.717, 1.165) is 13.0 Å². The zero-order valence-electron chi connectivity index (χ0n) is 10.0. The van der Waals surface area contributed by atoms with Crippen molar-refractivity contribution < 1.29 is 4.79 Å². The molecule has 1 saturated heterocycles. The smallest absolute Gasteiger partial charge is 0.149 e. The van der Waals surface area contributed by atoms with E-state index in [1.54, 1.807) is 0 Å². The van der Waals surface area contributed by atoms with Gasteiger partial charge in [-0.3, -0.25) is 9.69 Å². The molecule has 0 N–H and O–H groups in total. The van der Waals surface area contributed by atoms with Crippen LogP contribution in [0.3, 0.4) is 0 Å². The Bertz CT molecular complexity index is 360. The molecule has 1 aliphatic rings. The molecule has 1 fully saturated rings. The third-order valence-corrected chi connectivity index (χ3v) is 3.56. The highest BCUT2D eigenvalue weighted by Crippen LogP contribution is 2.30. The predicted molar refractivity (Wildman–Crippen MR) is 65.3 cm³/mol. The second kappa shape index (κ2) is 4.79. The number of Topliss-reactive ketones (excluding diaryl/α,β-unsaturated/α-hetero) is 1. The first kappa shape index (κ1) is 11.3. The first-order valence-corrected chi connectivity index (χ1v) is 6.07. The van der Waals surface area contributed by atoms with E-state index in [1.165, 1.54) is 5.56 Å². The quantitative estimate of drug-likeness (QED) is 0.773. The highest BCUT2D eigenvalue weighted by Gasteiger charge is 2.36. The Kier molecular flexibility index (Phi) is 3.39. The van der Waals surface area contributed by atoms with Crippen LogP contribution in [0.1, 0.15) is 38.3 Å². The molecule has 1 aromatic rings. The fourth-order valence-electron chi connectivity index (χ4n) is 2.38. The number of rotatable bonds is 4. The summed E-state index contributed by atoms with van der Waals surface area (Å²) in [6.45, 7) is 5.18. The van der Waals surface area contributed by atoms with Gasteiger partial charge in [0.15, 0.2) is 0 Å². The van der Waals surface area contributed by atoms with Crippen LogP contribution in [0.2, 0.25) is 0 Å². The van der Waals surface area contributed by atoms with Crippen molar-refractivity contribution in [3.8, 4) is 0 Å². The molecular formula is C14H19NO. The van der Waals surface area contributed by atoms with Crippen LogP contribution < -0.4 is 0 Å². The fraction of sp³-hybridized carbons (Fsp3) is 0.500. The topological polar surface area (TPSA) is 20.3 Å². The van der Waals surface area contributed by atoms with E-state index in [2.05, 4.69) is 36.1 Å². The number of hydrogen-bond donors (Lipinski definition) is 0. The molecule has 2 atom stereocenters. The van der Waals surface area contributed by atoms with E-state index >= 15 is 0 Å². The minimum absolute atomic E-state index is 0.167. The maximum Gasteiger partial charge on any atom is 0.149 e. The molecule has 1 aromatic carbocycles. The maximum atomic E-state index is 11.7. The molecule has 16 heavy (non-hydrogen) atoms. The number of nitrogens with zero attached hydrogens (tertiary/aromatic N) is 1. The lowest BCUT2D eigenvalue weighted by atomic mass is 9.92. The van der Waals surface area contributed by atoms with Gasteiger partial charge in [-0.15, -0.1) is 0 Å². The molecule has 1 heterocycles. The van der Waals surface area contributed by atoms with Crippen molar-refractivity contribution in [1.29, 1.82) is 0 Å². The molecule has 2 rings (SSSR count). The van der Waals surface area contributed by atoms with Crippen molar-refractivity contribution in [3.63, 3.8) is 0 Å². The summed E-state index contributed by atoms with van der Waals surface area (Å²) in [7, 11) is 0. The van der Waals surface area contributed by atoms with Crippen LogP contribution in [0.15, 0.2) is 30.3 Å². The molecule has 0 amide bonds. The molecule has 0 aromatic heterocycles. The van der Waals surface area contributed by atoms with Gasteiger partial charge in [-0.2, -0.15) is 0 Å². The molecule has 0 spiro atoms. The van der Waals surface area contributed by atoms with Gasteiger partial charge in [-0.25, -0.2) is 0 Å². The number of likely N-dealkylation sites (tertiary alicyclic amines) is 1. The van der Waals surface area contributed by atoms with E-state index in [4.69, 9.17) is 0 Å². The zero-order chi connectivity index (χ0) is 11.5. The fourth-order valence-corrected chi connectivity index (χ4v) is 2.38. The lowest BCUT2D eigenvalue weighted by molar-refractivity contribution is -0.130. The molecular weight excluding hydrogens is 198 g/mol. The van der Waals surface area contributed by atoms with Crippen LogP contribution in [0, 0.1) is 0 Å². The average Bonchev–Trinajstić information content (AvgIpc) is 2.28. The molecule has 0 unspecified atom stereocenters. The Morgan fingerprint density at radius 1 is 1.44 bits per heavy atom. The summed E-state index contributed by atoms with van der Waals surface area (Å²) in [6, 6.07) is 10.9. The van der Waals surface area contributed by atoms with E-state index in [0.29, 0.717) is 18.2 Å². The van der Waals surface area contributed by atoms with Gasteiger partial charge in [0.05, 0.1) is 6.04 Å².